The van der Waals surface area contributed by atoms with Crippen molar-refractivity contribution in [2.24, 2.45) is 13.0 Å². The Labute approximate surface area is 156 Å². The van der Waals surface area contributed by atoms with E-state index in [2.05, 4.69) is 20.4 Å². The topological polar surface area (TPSA) is 63.1 Å². The first-order chi connectivity index (χ1) is 12.6. The lowest BCUT2D eigenvalue weighted by Crippen LogP contribution is -2.41. The predicted molar refractivity (Wildman–Crippen MR) is 104 cm³/mol. The molecular weight excluding hydrogens is 350 g/mol. The SMILES string of the molecule is Cn1ccc2c(NC(=O)C3CCCN(c4ccc(Cl)nn4)C3)cccc21. The van der Waals surface area contributed by atoms with Crippen LogP contribution in [0.15, 0.2) is 42.6 Å². The van der Waals surface area contributed by atoms with Gasteiger partial charge in [0.2, 0.25) is 5.91 Å². The van der Waals surface area contributed by atoms with Crippen molar-refractivity contribution in [3.8, 4) is 0 Å². The Kier molecular flexibility index (Phi) is 4.51. The van der Waals surface area contributed by atoms with E-state index in [-0.39, 0.29) is 11.8 Å². The van der Waals surface area contributed by atoms with Crippen molar-refractivity contribution in [1.82, 2.24) is 14.8 Å². The molecule has 1 fully saturated rings. The van der Waals surface area contributed by atoms with Gasteiger partial charge in [0.05, 0.1) is 11.6 Å². The highest BCUT2D eigenvalue weighted by molar-refractivity contribution is 6.29. The maximum absolute atomic E-state index is 12.8. The van der Waals surface area contributed by atoms with E-state index in [0.717, 1.165) is 41.8 Å². The Morgan fingerprint density at radius 3 is 2.92 bits per heavy atom. The number of nitrogens with zero attached hydrogens (tertiary/aromatic N) is 4. The molecule has 0 radical (unpaired) electrons. The maximum atomic E-state index is 12.8. The average molecular weight is 370 g/mol. The molecule has 1 amide bonds. The molecule has 26 heavy (non-hydrogen) atoms. The molecule has 1 aliphatic rings. The van der Waals surface area contributed by atoms with Crippen LogP contribution in [-0.4, -0.2) is 33.8 Å². The lowest BCUT2D eigenvalue weighted by molar-refractivity contribution is -0.120. The van der Waals surface area contributed by atoms with E-state index in [9.17, 15) is 4.79 Å². The molecule has 1 aromatic carbocycles. The van der Waals surface area contributed by atoms with Crippen LogP contribution in [0.5, 0.6) is 0 Å². The standard InChI is InChI=1S/C19H20ClN5O/c1-24-11-9-14-15(5-2-6-16(14)24)21-19(26)13-4-3-10-25(12-13)18-8-7-17(20)22-23-18/h2,5-9,11,13H,3-4,10,12H2,1H3,(H,21,26). The van der Waals surface area contributed by atoms with E-state index in [1.165, 1.54) is 0 Å². The number of fused-ring (bicyclic) bond motifs is 1. The van der Waals surface area contributed by atoms with Gasteiger partial charge in [0.15, 0.2) is 11.0 Å². The molecule has 7 heteroatoms. The molecule has 3 heterocycles. The van der Waals surface area contributed by atoms with E-state index in [4.69, 9.17) is 11.6 Å². The normalized spacial score (nSPS) is 17.5. The van der Waals surface area contributed by atoms with Crippen molar-refractivity contribution >= 4 is 39.9 Å². The first kappa shape index (κ1) is 16.8. The summed E-state index contributed by atoms with van der Waals surface area (Å²) in [7, 11) is 2.00. The van der Waals surface area contributed by atoms with Gasteiger partial charge in [0.1, 0.15) is 0 Å². The number of anilines is 2. The number of aromatic nitrogens is 3. The minimum Gasteiger partial charge on any atom is -0.354 e. The molecule has 0 spiro atoms. The third-order valence-corrected chi connectivity index (χ3v) is 5.12. The molecule has 0 bridgehead atoms. The number of rotatable bonds is 3. The lowest BCUT2D eigenvalue weighted by Gasteiger charge is -2.32. The Morgan fingerprint density at radius 1 is 1.23 bits per heavy atom. The van der Waals surface area contributed by atoms with Gasteiger partial charge in [0, 0.05) is 37.2 Å². The molecule has 134 valence electrons. The van der Waals surface area contributed by atoms with Crippen molar-refractivity contribution in [2.45, 2.75) is 12.8 Å². The smallest absolute Gasteiger partial charge is 0.229 e. The van der Waals surface area contributed by atoms with Crippen LogP contribution in [0.3, 0.4) is 0 Å². The van der Waals surface area contributed by atoms with Gasteiger partial charge < -0.3 is 14.8 Å². The van der Waals surface area contributed by atoms with Crippen LogP contribution >= 0.6 is 11.6 Å². The molecule has 1 atom stereocenters. The van der Waals surface area contributed by atoms with E-state index in [0.29, 0.717) is 11.7 Å². The highest BCUT2D eigenvalue weighted by Crippen LogP contribution is 2.27. The van der Waals surface area contributed by atoms with Gasteiger partial charge in [0.25, 0.3) is 0 Å². The molecule has 6 nitrogen and oxygen atoms in total. The number of nitrogens with one attached hydrogen (secondary N) is 1. The summed E-state index contributed by atoms with van der Waals surface area (Å²) in [6.07, 6.45) is 3.81. The van der Waals surface area contributed by atoms with Crippen molar-refractivity contribution in [2.75, 3.05) is 23.3 Å². The summed E-state index contributed by atoms with van der Waals surface area (Å²) in [5, 5.41) is 12.6. The second-order valence-corrected chi connectivity index (χ2v) is 7.04. The van der Waals surface area contributed by atoms with Crippen LogP contribution in [0.2, 0.25) is 5.15 Å². The van der Waals surface area contributed by atoms with Gasteiger partial charge in [-0.3, -0.25) is 4.79 Å². The molecule has 2 aromatic heterocycles. The maximum Gasteiger partial charge on any atom is 0.229 e. The second-order valence-electron chi connectivity index (χ2n) is 6.65. The van der Waals surface area contributed by atoms with Crippen LogP contribution in [0.1, 0.15) is 12.8 Å². The quantitative estimate of drug-likeness (QED) is 0.767. The summed E-state index contributed by atoms with van der Waals surface area (Å²) in [5.74, 6) is 0.727. The van der Waals surface area contributed by atoms with Gasteiger partial charge in [-0.05, 0) is 43.2 Å². The number of halogens is 1. The number of piperidine rings is 1. The Bertz CT molecular complexity index is 937. The van der Waals surface area contributed by atoms with Gasteiger partial charge in [-0.2, -0.15) is 0 Å². The minimum absolute atomic E-state index is 0.0491. The molecule has 1 unspecified atom stereocenters. The molecule has 1 N–H and O–H groups in total. The van der Waals surface area contributed by atoms with Gasteiger partial charge in [-0.25, -0.2) is 0 Å². The van der Waals surface area contributed by atoms with Gasteiger partial charge in [-0.15, -0.1) is 10.2 Å². The van der Waals surface area contributed by atoms with E-state index in [1.54, 1.807) is 6.07 Å². The largest absolute Gasteiger partial charge is 0.354 e. The summed E-state index contributed by atoms with van der Waals surface area (Å²) in [5.41, 5.74) is 1.96. The third kappa shape index (κ3) is 3.24. The Morgan fingerprint density at radius 2 is 2.12 bits per heavy atom. The Balaban J connectivity index is 1.49. The zero-order valence-electron chi connectivity index (χ0n) is 14.5. The van der Waals surface area contributed by atoms with Gasteiger partial charge in [-0.1, -0.05) is 17.7 Å². The molecule has 3 aromatic rings. The zero-order chi connectivity index (χ0) is 18.1. The lowest BCUT2D eigenvalue weighted by atomic mass is 9.97. The van der Waals surface area contributed by atoms with E-state index < -0.39 is 0 Å². The van der Waals surface area contributed by atoms with E-state index in [1.807, 2.05) is 48.1 Å². The Hall–Kier alpha value is -2.60. The van der Waals surface area contributed by atoms with Crippen LogP contribution in [0, 0.1) is 5.92 Å². The summed E-state index contributed by atoms with van der Waals surface area (Å²) in [6, 6.07) is 11.6. The molecule has 0 aliphatic carbocycles. The highest BCUT2D eigenvalue weighted by Gasteiger charge is 2.27. The van der Waals surface area contributed by atoms with Crippen LogP contribution in [0.4, 0.5) is 11.5 Å². The number of hydrogen-bond acceptors (Lipinski definition) is 4. The van der Waals surface area contributed by atoms with Crippen molar-refractivity contribution in [3.05, 3.63) is 47.7 Å². The first-order valence-corrected chi connectivity index (χ1v) is 9.09. The molecular formula is C19H20ClN5O. The van der Waals surface area contributed by atoms with Crippen LogP contribution < -0.4 is 10.2 Å². The second kappa shape index (κ2) is 6.96. The fourth-order valence-corrected chi connectivity index (χ4v) is 3.62. The summed E-state index contributed by atoms with van der Waals surface area (Å²) in [4.78, 5) is 14.9. The molecule has 0 saturated carbocycles. The fourth-order valence-electron chi connectivity index (χ4n) is 3.52. The van der Waals surface area contributed by atoms with Gasteiger partial charge >= 0.3 is 0 Å². The number of benzene rings is 1. The minimum atomic E-state index is -0.0832. The summed E-state index contributed by atoms with van der Waals surface area (Å²) < 4.78 is 2.05. The first-order valence-electron chi connectivity index (χ1n) is 8.71. The third-order valence-electron chi connectivity index (χ3n) is 4.92. The van der Waals surface area contributed by atoms with Crippen LogP contribution in [-0.2, 0) is 11.8 Å². The monoisotopic (exact) mass is 369 g/mol. The number of hydrogen-bond donors (Lipinski definition) is 1. The fraction of sp³-hybridized carbons (Fsp3) is 0.316. The van der Waals surface area contributed by atoms with Crippen molar-refractivity contribution < 1.29 is 4.79 Å². The summed E-state index contributed by atoms with van der Waals surface area (Å²) in [6.45, 7) is 1.50. The number of carbonyl (C=O) groups is 1. The molecule has 1 aliphatic heterocycles. The number of aryl methyl sites for hydroxylation is 1. The zero-order valence-corrected chi connectivity index (χ0v) is 15.3. The molecule has 1 saturated heterocycles. The number of carbonyl (C=O) groups excluding carboxylic acids is 1. The van der Waals surface area contributed by atoms with Crippen molar-refractivity contribution in [3.63, 3.8) is 0 Å². The highest BCUT2D eigenvalue weighted by atomic mass is 35.5. The van der Waals surface area contributed by atoms with Crippen LogP contribution in [0.25, 0.3) is 10.9 Å². The van der Waals surface area contributed by atoms with E-state index >= 15 is 0 Å². The summed E-state index contributed by atoms with van der Waals surface area (Å²) >= 11 is 5.81. The average Bonchev–Trinajstić information content (AvgIpc) is 3.05. The number of amides is 1. The predicted octanol–water partition coefficient (Wildman–Crippen LogP) is 3.48. The molecule has 4 rings (SSSR count). The van der Waals surface area contributed by atoms with Crippen molar-refractivity contribution in [1.29, 1.82) is 0 Å².